The Labute approximate surface area is 163 Å². The zero-order chi connectivity index (χ0) is 21.0. The minimum Gasteiger partial charge on any atom is -0.349 e. The number of carbonyl (C=O) groups is 2. The van der Waals surface area contributed by atoms with E-state index in [1.54, 1.807) is 6.92 Å². The Morgan fingerprint density at radius 3 is 2.66 bits per heavy atom. The summed E-state index contributed by atoms with van der Waals surface area (Å²) in [5, 5.41) is 3.01. The first-order valence-corrected chi connectivity index (χ1v) is 9.40. The summed E-state index contributed by atoms with van der Waals surface area (Å²) in [7, 11) is 0. The quantitative estimate of drug-likeness (QED) is 0.740. The molecule has 6 nitrogen and oxygen atoms in total. The second-order valence-electron chi connectivity index (χ2n) is 7.79. The number of aromatic amines is 1. The van der Waals surface area contributed by atoms with E-state index in [4.69, 9.17) is 0 Å². The van der Waals surface area contributed by atoms with Gasteiger partial charge in [0.05, 0.1) is 17.1 Å². The van der Waals surface area contributed by atoms with E-state index in [1.165, 1.54) is 23.2 Å². The molecular weight excluding hydrogens is 392 g/mol. The number of nitrogens with zero attached hydrogens (tertiary/aromatic N) is 2. The highest BCUT2D eigenvalue weighted by Gasteiger charge is 2.73. The Kier molecular flexibility index (Phi) is 4.54. The smallest absolute Gasteiger partial charge is 0.280 e. The van der Waals surface area contributed by atoms with Gasteiger partial charge < -0.3 is 15.2 Å². The number of nitrogens with one attached hydrogen (secondary N) is 2. The third-order valence-electron chi connectivity index (χ3n) is 5.88. The number of aromatic nitrogens is 2. The number of hydrogen-bond donors (Lipinski definition) is 2. The van der Waals surface area contributed by atoms with Crippen LogP contribution in [0.3, 0.4) is 0 Å². The average Bonchev–Trinajstić information content (AvgIpc) is 3.05. The van der Waals surface area contributed by atoms with Gasteiger partial charge in [-0.1, -0.05) is 6.92 Å². The zero-order valence-electron chi connectivity index (χ0n) is 15.6. The van der Waals surface area contributed by atoms with Crippen molar-refractivity contribution in [1.82, 2.24) is 20.2 Å². The number of halogens is 4. The van der Waals surface area contributed by atoms with Crippen LogP contribution in [-0.2, 0) is 4.79 Å². The van der Waals surface area contributed by atoms with Gasteiger partial charge in [0.1, 0.15) is 17.4 Å². The highest BCUT2D eigenvalue weighted by Crippen LogP contribution is 2.65. The lowest BCUT2D eigenvalue weighted by molar-refractivity contribution is -0.132. The van der Waals surface area contributed by atoms with E-state index < -0.39 is 41.3 Å². The predicted octanol–water partition coefficient (Wildman–Crippen LogP) is 3.27. The molecule has 2 amide bonds. The van der Waals surface area contributed by atoms with Crippen LogP contribution < -0.4 is 5.32 Å². The molecule has 3 heterocycles. The van der Waals surface area contributed by atoms with Gasteiger partial charge in [0, 0.05) is 24.9 Å². The number of alkyl halides is 4. The van der Waals surface area contributed by atoms with Crippen LogP contribution in [0.2, 0.25) is 0 Å². The van der Waals surface area contributed by atoms with Crippen molar-refractivity contribution in [2.45, 2.75) is 44.6 Å². The molecule has 2 atom stereocenters. The summed E-state index contributed by atoms with van der Waals surface area (Å²) in [5.74, 6) is -3.69. The van der Waals surface area contributed by atoms with Crippen LogP contribution in [0.15, 0.2) is 18.3 Å². The lowest BCUT2D eigenvalue weighted by Gasteiger charge is -2.23. The van der Waals surface area contributed by atoms with Gasteiger partial charge in [0.25, 0.3) is 18.3 Å². The van der Waals surface area contributed by atoms with E-state index in [0.717, 1.165) is 0 Å². The third kappa shape index (κ3) is 3.34. The van der Waals surface area contributed by atoms with Gasteiger partial charge in [0.15, 0.2) is 0 Å². The molecule has 1 aliphatic carbocycles. The largest absolute Gasteiger partial charge is 0.349 e. The minimum absolute atomic E-state index is 0.000331. The lowest BCUT2D eigenvalue weighted by Crippen LogP contribution is -2.47. The van der Waals surface area contributed by atoms with Crippen molar-refractivity contribution in [1.29, 1.82) is 0 Å². The zero-order valence-corrected chi connectivity index (χ0v) is 15.6. The fourth-order valence-corrected chi connectivity index (χ4v) is 3.97. The summed E-state index contributed by atoms with van der Waals surface area (Å²) >= 11 is 0. The molecule has 1 aliphatic heterocycles. The van der Waals surface area contributed by atoms with Crippen LogP contribution in [0.1, 0.15) is 48.8 Å². The van der Waals surface area contributed by atoms with Crippen LogP contribution >= 0.6 is 0 Å². The molecule has 1 spiro atoms. The molecule has 2 aliphatic rings. The van der Waals surface area contributed by atoms with Gasteiger partial charge in [-0.15, -0.1) is 0 Å². The van der Waals surface area contributed by atoms with Crippen molar-refractivity contribution < 1.29 is 27.2 Å². The molecule has 0 bridgehead atoms. The van der Waals surface area contributed by atoms with Crippen molar-refractivity contribution in [3.05, 3.63) is 29.7 Å². The molecule has 2 N–H and O–H groups in total. The van der Waals surface area contributed by atoms with E-state index in [0.29, 0.717) is 17.3 Å². The van der Waals surface area contributed by atoms with Gasteiger partial charge in [0.2, 0.25) is 5.91 Å². The SMILES string of the molecule is CC[C@H](NC(=O)c1cc2cc(C(F)F)ncc2[nH]1)C(=O)N1CC[C@@]2(C1)CC2(F)F. The second kappa shape index (κ2) is 6.70. The molecule has 29 heavy (non-hydrogen) atoms. The first-order chi connectivity index (χ1) is 13.7. The van der Waals surface area contributed by atoms with E-state index in [2.05, 4.69) is 15.3 Å². The molecule has 2 fully saturated rings. The number of likely N-dealkylation sites (tertiary alicyclic amines) is 1. The normalized spacial score (nSPS) is 23.7. The maximum absolute atomic E-state index is 13.6. The molecule has 0 radical (unpaired) electrons. The molecule has 1 saturated heterocycles. The van der Waals surface area contributed by atoms with Crippen molar-refractivity contribution in [3.8, 4) is 0 Å². The summed E-state index contributed by atoms with van der Waals surface area (Å²) in [5.41, 5.74) is -0.982. The monoisotopic (exact) mass is 412 g/mol. The van der Waals surface area contributed by atoms with Crippen molar-refractivity contribution >= 4 is 22.7 Å². The Morgan fingerprint density at radius 1 is 1.34 bits per heavy atom. The van der Waals surface area contributed by atoms with Gasteiger partial charge in [-0.05, 0) is 25.0 Å². The van der Waals surface area contributed by atoms with Crippen LogP contribution in [0.5, 0.6) is 0 Å². The van der Waals surface area contributed by atoms with Gasteiger partial charge in [-0.2, -0.15) is 0 Å². The van der Waals surface area contributed by atoms with Crippen molar-refractivity contribution in [2.75, 3.05) is 13.1 Å². The van der Waals surface area contributed by atoms with Crippen LogP contribution in [0, 0.1) is 5.41 Å². The van der Waals surface area contributed by atoms with Crippen molar-refractivity contribution in [2.24, 2.45) is 5.41 Å². The molecule has 2 aromatic heterocycles. The van der Waals surface area contributed by atoms with Crippen LogP contribution in [0.4, 0.5) is 17.6 Å². The number of carbonyl (C=O) groups excluding carboxylic acids is 2. The second-order valence-corrected chi connectivity index (χ2v) is 7.79. The number of amides is 2. The molecular formula is C19H20F4N4O2. The van der Waals surface area contributed by atoms with E-state index >= 15 is 0 Å². The summed E-state index contributed by atoms with van der Waals surface area (Å²) < 4.78 is 52.7. The standard InChI is InChI=1S/C19H20F4N4O2/c1-2-11(17(29)27-4-3-18(9-27)8-19(18,22)23)26-16(28)13-6-10-5-12(15(20)21)24-7-14(10)25-13/h5-7,11,15,25H,2-4,8-9H2,1H3,(H,26,28)/t11-,18-/m0/s1. The number of hydrogen-bond acceptors (Lipinski definition) is 3. The Balaban J connectivity index is 1.45. The van der Waals surface area contributed by atoms with Crippen LogP contribution in [0.25, 0.3) is 10.9 Å². The molecule has 2 aromatic rings. The number of rotatable bonds is 5. The van der Waals surface area contributed by atoms with E-state index in [-0.39, 0.29) is 31.6 Å². The van der Waals surface area contributed by atoms with Gasteiger partial charge in [-0.25, -0.2) is 17.6 Å². The Bertz CT molecular complexity index is 976. The number of H-pyrrole nitrogens is 1. The first kappa shape index (κ1) is 19.7. The predicted molar refractivity (Wildman–Crippen MR) is 95.8 cm³/mol. The summed E-state index contributed by atoms with van der Waals surface area (Å²) in [6.45, 7) is 1.96. The molecule has 4 rings (SSSR count). The maximum Gasteiger partial charge on any atom is 0.280 e. The average molecular weight is 412 g/mol. The highest BCUT2D eigenvalue weighted by atomic mass is 19.3. The first-order valence-electron chi connectivity index (χ1n) is 9.40. The molecule has 1 saturated carbocycles. The number of pyridine rings is 1. The summed E-state index contributed by atoms with van der Waals surface area (Å²) in [4.78, 5) is 33.1. The lowest BCUT2D eigenvalue weighted by atomic mass is 10.1. The molecule has 0 unspecified atom stereocenters. The van der Waals surface area contributed by atoms with E-state index in [9.17, 15) is 27.2 Å². The van der Waals surface area contributed by atoms with Crippen molar-refractivity contribution in [3.63, 3.8) is 0 Å². The fourth-order valence-electron chi connectivity index (χ4n) is 3.97. The summed E-state index contributed by atoms with van der Waals surface area (Å²) in [6.07, 6.45) is -1.15. The number of fused-ring (bicyclic) bond motifs is 1. The minimum atomic E-state index is -2.73. The Morgan fingerprint density at radius 2 is 2.07 bits per heavy atom. The summed E-state index contributed by atoms with van der Waals surface area (Å²) in [6, 6.07) is 1.74. The van der Waals surface area contributed by atoms with Gasteiger partial charge in [-0.3, -0.25) is 14.6 Å². The topological polar surface area (TPSA) is 78.1 Å². The molecule has 156 valence electrons. The van der Waals surface area contributed by atoms with E-state index in [1.807, 2.05) is 0 Å². The highest BCUT2D eigenvalue weighted by molar-refractivity contribution is 6.00. The van der Waals surface area contributed by atoms with Crippen LogP contribution in [-0.4, -0.2) is 51.7 Å². The molecule has 0 aromatic carbocycles. The fraction of sp³-hybridized carbons (Fsp3) is 0.526. The maximum atomic E-state index is 13.6. The third-order valence-corrected chi connectivity index (χ3v) is 5.88. The Hall–Kier alpha value is -2.65. The molecule has 10 heteroatoms. The van der Waals surface area contributed by atoms with Gasteiger partial charge >= 0.3 is 0 Å².